The number of carbonyl (C=O) groups is 2. The van der Waals surface area contributed by atoms with E-state index in [0.717, 1.165) is 34.2 Å². The maximum atomic E-state index is 12.5. The predicted molar refractivity (Wildman–Crippen MR) is 93.6 cm³/mol. The summed E-state index contributed by atoms with van der Waals surface area (Å²) in [4.78, 5) is 26.5. The first-order chi connectivity index (χ1) is 12.2. The first-order valence-corrected chi connectivity index (χ1v) is 9.11. The predicted octanol–water partition coefficient (Wildman–Crippen LogP) is 2.42. The topological polar surface area (TPSA) is 84.7 Å². The third kappa shape index (κ3) is 2.97. The summed E-state index contributed by atoms with van der Waals surface area (Å²) in [5.41, 5.74) is 2.61. The van der Waals surface area contributed by atoms with Gasteiger partial charge in [0.25, 0.3) is 0 Å². The molecule has 1 aromatic heterocycles. The molecule has 4 rings (SSSR count). The van der Waals surface area contributed by atoms with E-state index in [1.54, 1.807) is 35.9 Å². The molecular formula is C17H17N3O4S. The van der Waals surface area contributed by atoms with Crippen LogP contribution in [0, 0.1) is 5.92 Å². The van der Waals surface area contributed by atoms with Crippen molar-refractivity contribution in [2.45, 2.75) is 17.9 Å². The second-order valence-corrected chi connectivity index (χ2v) is 7.01. The van der Waals surface area contributed by atoms with Crippen LogP contribution in [0.4, 0.5) is 11.6 Å². The Kier molecular flexibility index (Phi) is 4.12. The minimum absolute atomic E-state index is 0.0660. The molecule has 0 saturated carbocycles. The maximum absolute atomic E-state index is 12.5. The lowest BCUT2D eigenvalue weighted by molar-refractivity contribution is -0.122. The summed E-state index contributed by atoms with van der Waals surface area (Å²) in [6.45, 7) is 0.349. The molecule has 25 heavy (non-hydrogen) atoms. The van der Waals surface area contributed by atoms with E-state index in [0.29, 0.717) is 12.4 Å². The molecule has 0 unspecified atom stereocenters. The SMILES string of the molecule is COc1ccc(N2C[C@H](C(=O)Nc3onc4c3CSC4)CC2=O)cc1. The first kappa shape index (κ1) is 16.0. The Labute approximate surface area is 148 Å². The molecule has 0 radical (unpaired) electrons. The third-order valence-electron chi connectivity index (χ3n) is 4.47. The fourth-order valence-corrected chi connectivity index (χ4v) is 4.09. The van der Waals surface area contributed by atoms with Crippen LogP contribution < -0.4 is 15.0 Å². The van der Waals surface area contributed by atoms with Gasteiger partial charge in [-0.25, -0.2) is 0 Å². The van der Waals surface area contributed by atoms with Crippen LogP contribution in [0.25, 0.3) is 0 Å². The normalized spacial score (nSPS) is 19.2. The van der Waals surface area contributed by atoms with Gasteiger partial charge in [0.15, 0.2) is 0 Å². The Hall–Kier alpha value is -2.48. The minimum Gasteiger partial charge on any atom is -0.497 e. The Bertz CT molecular complexity index is 818. The van der Waals surface area contributed by atoms with Crippen LogP contribution in [0.15, 0.2) is 28.8 Å². The molecule has 3 heterocycles. The quantitative estimate of drug-likeness (QED) is 0.902. The monoisotopic (exact) mass is 359 g/mol. The number of carbonyl (C=O) groups excluding carboxylic acids is 2. The number of hydrogen-bond acceptors (Lipinski definition) is 6. The number of nitrogens with zero attached hydrogens (tertiary/aromatic N) is 2. The number of benzene rings is 1. The number of ether oxygens (including phenoxy) is 1. The van der Waals surface area contributed by atoms with Gasteiger partial charge in [-0.3, -0.25) is 14.9 Å². The molecule has 0 aliphatic carbocycles. The highest BCUT2D eigenvalue weighted by molar-refractivity contribution is 7.98. The lowest BCUT2D eigenvalue weighted by atomic mass is 10.1. The number of methoxy groups -OCH3 is 1. The molecule has 1 fully saturated rings. The highest BCUT2D eigenvalue weighted by atomic mass is 32.2. The Balaban J connectivity index is 1.44. The molecule has 7 nitrogen and oxygen atoms in total. The molecule has 2 aliphatic heterocycles. The standard InChI is InChI=1S/C17H17N3O4S/c1-23-12-4-2-11(3-5-12)20-7-10(6-15(20)21)16(22)18-17-13-8-25-9-14(13)19-24-17/h2-5,10H,6-9H2,1H3,(H,18,22)/t10-/m1/s1. The van der Waals surface area contributed by atoms with Crippen molar-refractivity contribution >= 4 is 35.1 Å². The van der Waals surface area contributed by atoms with Crippen molar-refractivity contribution in [1.82, 2.24) is 5.16 Å². The van der Waals surface area contributed by atoms with Crippen molar-refractivity contribution in [1.29, 1.82) is 0 Å². The Morgan fingerprint density at radius 1 is 1.36 bits per heavy atom. The van der Waals surface area contributed by atoms with Gasteiger partial charge in [-0.2, -0.15) is 11.8 Å². The summed E-state index contributed by atoms with van der Waals surface area (Å²) in [6, 6.07) is 7.23. The third-order valence-corrected chi connectivity index (χ3v) is 5.44. The number of hydrogen-bond donors (Lipinski definition) is 1. The highest BCUT2D eigenvalue weighted by Crippen LogP contribution is 2.35. The van der Waals surface area contributed by atoms with Crippen molar-refractivity contribution in [3.8, 4) is 5.75 Å². The van der Waals surface area contributed by atoms with Crippen LogP contribution >= 0.6 is 11.8 Å². The van der Waals surface area contributed by atoms with Crippen molar-refractivity contribution in [2.24, 2.45) is 5.92 Å². The number of fused-ring (bicyclic) bond motifs is 1. The molecule has 0 spiro atoms. The summed E-state index contributed by atoms with van der Waals surface area (Å²) in [6.07, 6.45) is 0.183. The molecule has 1 N–H and O–H groups in total. The lowest BCUT2D eigenvalue weighted by Gasteiger charge is -2.17. The van der Waals surface area contributed by atoms with Gasteiger partial charge in [-0.1, -0.05) is 5.16 Å². The van der Waals surface area contributed by atoms with Crippen LogP contribution in [0.5, 0.6) is 5.75 Å². The van der Waals surface area contributed by atoms with Gasteiger partial charge < -0.3 is 14.2 Å². The van der Waals surface area contributed by atoms with E-state index in [2.05, 4.69) is 10.5 Å². The molecular weight excluding hydrogens is 342 g/mol. The van der Waals surface area contributed by atoms with E-state index in [1.165, 1.54) is 0 Å². The zero-order valence-corrected chi connectivity index (χ0v) is 14.5. The van der Waals surface area contributed by atoms with Gasteiger partial charge in [0.1, 0.15) is 5.75 Å². The number of rotatable bonds is 4. The molecule has 0 bridgehead atoms. The van der Waals surface area contributed by atoms with E-state index in [9.17, 15) is 9.59 Å². The van der Waals surface area contributed by atoms with Gasteiger partial charge >= 0.3 is 0 Å². The van der Waals surface area contributed by atoms with Gasteiger partial charge in [0, 0.05) is 30.2 Å². The zero-order chi connectivity index (χ0) is 17.4. The fraction of sp³-hybridized carbons (Fsp3) is 0.353. The van der Waals surface area contributed by atoms with E-state index >= 15 is 0 Å². The molecule has 2 aromatic rings. The summed E-state index contributed by atoms with van der Waals surface area (Å²) >= 11 is 1.74. The second kappa shape index (κ2) is 6.44. The van der Waals surface area contributed by atoms with E-state index in [1.807, 2.05) is 12.1 Å². The smallest absolute Gasteiger partial charge is 0.235 e. The largest absolute Gasteiger partial charge is 0.497 e. The minimum atomic E-state index is -0.413. The van der Waals surface area contributed by atoms with Gasteiger partial charge in [-0.15, -0.1) is 0 Å². The summed E-state index contributed by atoms with van der Waals surface area (Å²) in [5.74, 6) is 2.05. The molecule has 1 aromatic carbocycles. The summed E-state index contributed by atoms with van der Waals surface area (Å²) in [5, 5.41) is 6.77. The Morgan fingerprint density at radius 3 is 2.92 bits per heavy atom. The van der Waals surface area contributed by atoms with E-state index < -0.39 is 5.92 Å². The molecule has 130 valence electrons. The molecule has 2 aliphatic rings. The van der Waals surface area contributed by atoms with Crippen molar-refractivity contribution in [2.75, 3.05) is 23.9 Å². The average molecular weight is 359 g/mol. The van der Waals surface area contributed by atoms with Crippen molar-refractivity contribution in [3.05, 3.63) is 35.5 Å². The number of thioether (sulfide) groups is 1. The molecule has 1 atom stereocenters. The van der Waals surface area contributed by atoms with Crippen molar-refractivity contribution < 1.29 is 18.8 Å². The fourth-order valence-electron chi connectivity index (χ4n) is 3.06. The number of anilines is 2. The highest BCUT2D eigenvalue weighted by Gasteiger charge is 2.36. The number of aromatic nitrogens is 1. The first-order valence-electron chi connectivity index (χ1n) is 7.96. The van der Waals surface area contributed by atoms with Gasteiger partial charge in [0.2, 0.25) is 17.7 Å². The van der Waals surface area contributed by atoms with Gasteiger partial charge in [-0.05, 0) is 24.3 Å². The summed E-state index contributed by atoms with van der Waals surface area (Å²) < 4.78 is 10.4. The average Bonchev–Trinajstić information content (AvgIpc) is 3.32. The van der Waals surface area contributed by atoms with E-state index in [-0.39, 0.29) is 18.2 Å². The zero-order valence-electron chi connectivity index (χ0n) is 13.7. The van der Waals surface area contributed by atoms with Crippen LogP contribution in [-0.4, -0.2) is 30.6 Å². The van der Waals surface area contributed by atoms with Crippen LogP contribution in [0.2, 0.25) is 0 Å². The lowest BCUT2D eigenvalue weighted by Crippen LogP contribution is -2.28. The number of amides is 2. The number of nitrogens with one attached hydrogen (secondary N) is 1. The maximum Gasteiger partial charge on any atom is 0.235 e. The van der Waals surface area contributed by atoms with Crippen LogP contribution in [0.1, 0.15) is 17.7 Å². The van der Waals surface area contributed by atoms with Crippen LogP contribution in [0.3, 0.4) is 0 Å². The summed E-state index contributed by atoms with van der Waals surface area (Å²) in [7, 11) is 1.59. The van der Waals surface area contributed by atoms with E-state index in [4.69, 9.17) is 9.26 Å². The Morgan fingerprint density at radius 2 is 2.16 bits per heavy atom. The molecule has 8 heteroatoms. The van der Waals surface area contributed by atoms with Gasteiger partial charge in [0.05, 0.1) is 24.3 Å². The van der Waals surface area contributed by atoms with Crippen LogP contribution in [-0.2, 0) is 21.1 Å². The second-order valence-electron chi connectivity index (χ2n) is 6.02. The molecule has 2 amide bonds. The molecule has 1 saturated heterocycles. The van der Waals surface area contributed by atoms with Crippen molar-refractivity contribution in [3.63, 3.8) is 0 Å².